The lowest BCUT2D eigenvalue weighted by Crippen LogP contribution is -2.31. The fourth-order valence-corrected chi connectivity index (χ4v) is 3.16. The second kappa shape index (κ2) is 4.84. The molecule has 0 amide bonds. The Hall–Kier alpha value is -2.00. The highest BCUT2D eigenvalue weighted by Gasteiger charge is 2.26. The van der Waals surface area contributed by atoms with Gasteiger partial charge in [-0.25, -0.2) is 0 Å². The number of nitrogens with zero attached hydrogens (tertiary/aromatic N) is 1. The first-order valence-electron chi connectivity index (χ1n) is 6.97. The van der Waals surface area contributed by atoms with Crippen molar-refractivity contribution in [3.05, 3.63) is 58.7 Å². The van der Waals surface area contributed by atoms with Gasteiger partial charge in [0, 0.05) is 30.4 Å². The molecular formula is C17H21N3. The zero-order valence-corrected chi connectivity index (χ0v) is 12.1. The largest absolute Gasteiger partial charge is 0.399 e. The van der Waals surface area contributed by atoms with Crippen LogP contribution in [0.4, 0.5) is 11.4 Å². The van der Waals surface area contributed by atoms with E-state index in [1.54, 1.807) is 0 Å². The molecule has 0 aromatic heterocycles. The lowest BCUT2D eigenvalue weighted by Gasteiger charge is -2.34. The fraction of sp³-hybridized carbons (Fsp3) is 0.294. The van der Waals surface area contributed by atoms with Gasteiger partial charge >= 0.3 is 0 Å². The van der Waals surface area contributed by atoms with Gasteiger partial charge in [0.25, 0.3) is 0 Å². The molecule has 2 aromatic rings. The van der Waals surface area contributed by atoms with Gasteiger partial charge in [0.15, 0.2) is 0 Å². The molecule has 1 heterocycles. The van der Waals surface area contributed by atoms with Crippen LogP contribution < -0.4 is 11.5 Å². The van der Waals surface area contributed by atoms with Gasteiger partial charge in [0.05, 0.1) is 0 Å². The molecule has 1 aliphatic rings. The Morgan fingerprint density at radius 3 is 2.45 bits per heavy atom. The highest BCUT2D eigenvalue weighted by Crippen LogP contribution is 2.36. The Morgan fingerprint density at radius 1 is 1.05 bits per heavy atom. The average molecular weight is 267 g/mol. The van der Waals surface area contributed by atoms with E-state index in [0.29, 0.717) is 5.92 Å². The molecule has 0 fully saturated rings. The van der Waals surface area contributed by atoms with Crippen LogP contribution >= 0.6 is 0 Å². The highest BCUT2D eigenvalue weighted by molar-refractivity contribution is 5.54. The molecule has 20 heavy (non-hydrogen) atoms. The van der Waals surface area contributed by atoms with E-state index in [0.717, 1.165) is 24.5 Å². The van der Waals surface area contributed by atoms with E-state index >= 15 is 0 Å². The van der Waals surface area contributed by atoms with Crippen LogP contribution in [0.5, 0.6) is 0 Å². The molecule has 104 valence electrons. The number of hydrogen-bond donors (Lipinski definition) is 2. The van der Waals surface area contributed by atoms with E-state index in [2.05, 4.69) is 43.1 Å². The third-order valence-electron chi connectivity index (χ3n) is 4.17. The SMILES string of the molecule is Cc1cc(N)cc2c1CN(C)CC2c1ccc(N)cc1. The minimum atomic E-state index is 0.367. The summed E-state index contributed by atoms with van der Waals surface area (Å²) in [7, 11) is 2.17. The number of nitrogen functional groups attached to an aromatic ring is 2. The normalized spacial score (nSPS) is 18.8. The van der Waals surface area contributed by atoms with Crippen LogP contribution in [0.1, 0.15) is 28.2 Å². The standard InChI is InChI=1S/C17H21N3/c1-11-7-14(19)8-15-16(11)9-20(2)10-17(15)12-3-5-13(18)6-4-12/h3-8,17H,9-10,18-19H2,1-2H3. The molecule has 2 aromatic carbocycles. The smallest absolute Gasteiger partial charge is 0.0319 e. The van der Waals surface area contributed by atoms with E-state index in [9.17, 15) is 0 Å². The molecule has 1 unspecified atom stereocenters. The molecule has 3 heteroatoms. The maximum absolute atomic E-state index is 6.05. The molecule has 3 nitrogen and oxygen atoms in total. The summed E-state index contributed by atoms with van der Waals surface area (Å²) in [6.07, 6.45) is 0. The number of fused-ring (bicyclic) bond motifs is 1. The first-order chi connectivity index (χ1) is 9.54. The first-order valence-corrected chi connectivity index (χ1v) is 6.97. The van der Waals surface area contributed by atoms with Gasteiger partial charge in [0.2, 0.25) is 0 Å². The summed E-state index contributed by atoms with van der Waals surface area (Å²) in [5, 5.41) is 0. The van der Waals surface area contributed by atoms with Crippen LogP contribution in [0.3, 0.4) is 0 Å². The third kappa shape index (κ3) is 2.25. The second-order valence-corrected chi connectivity index (χ2v) is 5.82. The molecule has 3 rings (SSSR count). The van der Waals surface area contributed by atoms with Crippen molar-refractivity contribution in [2.45, 2.75) is 19.4 Å². The zero-order chi connectivity index (χ0) is 14.3. The number of nitrogens with two attached hydrogens (primary N) is 2. The summed E-state index contributed by atoms with van der Waals surface area (Å²) < 4.78 is 0. The van der Waals surface area contributed by atoms with Crippen molar-refractivity contribution in [3.63, 3.8) is 0 Å². The number of hydrogen-bond acceptors (Lipinski definition) is 3. The topological polar surface area (TPSA) is 55.3 Å². The van der Waals surface area contributed by atoms with Crippen LogP contribution in [0.2, 0.25) is 0 Å². The Morgan fingerprint density at radius 2 is 1.75 bits per heavy atom. The van der Waals surface area contributed by atoms with Crippen molar-refractivity contribution < 1.29 is 0 Å². The maximum atomic E-state index is 6.05. The Labute approximate surface area is 120 Å². The summed E-state index contributed by atoms with van der Waals surface area (Å²) >= 11 is 0. The lowest BCUT2D eigenvalue weighted by molar-refractivity contribution is 0.294. The van der Waals surface area contributed by atoms with Crippen molar-refractivity contribution in [2.75, 3.05) is 25.1 Å². The van der Waals surface area contributed by atoms with Gasteiger partial charge in [-0.15, -0.1) is 0 Å². The van der Waals surface area contributed by atoms with Crippen molar-refractivity contribution in [3.8, 4) is 0 Å². The molecule has 0 radical (unpaired) electrons. The Balaban J connectivity index is 2.12. The third-order valence-corrected chi connectivity index (χ3v) is 4.17. The molecular weight excluding hydrogens is 246 g/mol. The Kier molecular flexibility index (Phi) is 3.14. The van der Waals surface area contributed by atoms with Crippen molar-refractivity contribution in [1.29, 1.82) is 0 Å². The summed E-state index contributed by atoms with van der Waals surface area (Å²) in [4.78, 5) is 2.37. The van der Waals surface area contributed by atoms with Crippen LogP contribution in [-0.2, 0) is 6.54 Å². The average Bonchev–Trinajstić information content (AvgIpc) is 2.40. The van der Waals surface area contributed by atoms with Crippen molar-refractivity contribution >= 4 is 11.4 Å². The minimum absolute atomic E-state index is 0.367. The zero-order valence-electron chi connectivity index (χ0n) is 12.1. The second-order valence-electron chi connectivity index (χ2n) is 5.82. The summed E-state index contributed by atoms with van der Waals surface area (Å²) in [5.41, 5.74) is 18.9. The van der Waals surface area contributed by atoms with Crippen LogP contribution in [0.25, 0.3) is 0 Å². The number of aryl methyl sites for hydroxylation is 1. The van der Waals surface area contributed by atoms with E-state index in [4.69, 9.17) is 11.5 Å². The van der Waals surface area contributed by atoms with Crippen molar-refractivity contribution in [2.24, 2.45) is 0 Å². The summed E-state index contributed by atoms with van der Waals surface area (Å²) in [6.45, 7) is 4.15. The lowest BCUT2D eigenvalue weighted by atomic mass is 9.83. The minimum Gasteiger partial charge on any atom is -0.399 e. The number of benzene rings is 2. The predicted octanol–water partition coefficient (Wildman–Crippen LogP) is 2.74. The maximum Gasteiger partial charge on any atom is 0.0319 e. The summed E-state index contributed by atoms with van der Waals surface area (Å²) in [6, 6.07) is 12.4. The monoisotopic (exact) mass is 267 g/mol. The van der Waals surface area contributed by atoms with E-state index in [-0.39, 0.29) is 0 Å². The van der Waals surface area contributed by atoms with Gasteiger partial charge in [-0.2, -0.15) is 0 Å². The highest BCUT2D eigenvalue weighted by atomic mass is 15.1. The summed E-state index contributed by atoms with van der Waals surface area (Å²) in [5.74, 6) is 0.367. The number of rotatable bonds is 1. The molecule has 0 saturated heterocycles. The van der Waals surface area contributed by atoms with E-state index < -0.39 is 0 Å². The van der Waals surface area contributed by atoms with Crippen LogP contribution in [-0.4, -0.2) is 18.5 Å². The first kappa shape index (κ1) is 13.0. The van der Waals surface area contributed by atoms with Crippen molar-refractivity contribution in [1.82, 2.24) is 4.90 Å². The van der Waals surface area contributed by atoms with E-state index in [1.165, 1.54) is 22.3 Å². The van der Waals surface area contributed by atoms with Gasteiger partial charge in [-0.05, 0) is 60.5 Å². The molecule has 0 aliphatic carbocycles. The molecule has 4 N–H and O–H groups in total. The predicted molar refractivity (Wildman–Crippen MR) is 84.6 cm³/mol. The van der Waals surface area contributed by atoms with Gasteiger partial charge in [0.1, 0.15) is 0 Å². The van der Waals surface area contributed by atoms with Gasteiger partial charge < -0.3 is 16.4 Å². The molecule has 0 bridgehead atoms. The van der Waals surface area contributed by atoms with Crippen LogP contribution in [0, 0.1) is 6.92 Å². The fourth-order valence-electron chi connectivity index (χ4n) is 3.16. The quantitative estimate of drug-likeness (QED) is 0.781. The molecule has 0 spiro atoms. The number of anilines is 2. The molecule has 1 atom stereocenters. The number of likely N-dealkylation sites (N-methyl/N-ethyl adjacent to an activating group) is 1. The van der Waals surface area contributed by atoms with Crippen LogP contribution in [0.15, 0.2) is 36.4 Å². The van der Waals surface area contributed by atoms with Gasteiger partial charge in [-0.3, -0.25) is 0 Å². The van der Waals surface area contributed by atoms with Gasteiger partial charge in [-0.1, -0.05) is 12.1 Å². The molecule has 0 saturated carbocycles. The van der Waals surface area contributed by atoms with E-state index in [1.807, 2.05) is 12.1 Å². The molecule has 1 aliphatic heterocycles. The Bertz CT molecular complexity index is 631.